The Hall–Kier alpha value is -1.05. The predicted molar refractivity (Wildman–Crippen MR) is 48.9 cm³/mol. The Morgan fingerprint density at radius 2 is 1.44 bits per heavy atom. The summed E-state index contributed by atoms with van der Waals surface area (Å²) in [6, 6.07) is 0.269. The lowest BCUT2D eigenvalue weighted by Gasteiger charge is -2.30. The third-order valence-corrected chi connectivity index (χ3v) is 2.59. The number of hydrogen-bond donors (Lipinski definition) is 0. The maximum absolute atomic E-state index is 13.5. The first-order chi connectivity index (χ1) is 7.91. The van der Waals surface area contributed by atoms with Crippen LogP contribution in [0.2, 0.25) is 5.02 Å². The van der Waals surface area contributed by atoms with Gasteiger partial charge in [-0.05, 0) is 13.0 Å². The molecule has 0 aliphatic rings. The Morgan fingerprint density at radius 1 is 1.00 bits per heavy atom. The molecular formula is C9H5ClF7N. The molecule has 0 saturated heterocycles. The third kappa shape index (κ3) is 2.25. The number of pyridine rings is 1. The van der Waals surface area contributed by atoms with Gasteiger partial charge in [0, 0.05) is 11.8 Å². The van der Waals surface area contributed by atoms with Crippen molar-refractivity contribution >= 4 is 11.6 Å². The fraction of sp³-hybridized carbons (Fsp3) is 0.444. The molecule has 0 aliphatic heterocycles. The first-order valence-corrected chi connectivity index (χ1v) is 4.74. The maximum atomic E-state index is 13.5. The van der Waals surface area contributed by atoms with Crippen molar-refractivity contribution in [3.63, 3.8) is 0 Å². The van der Waals surface area contributed by atoms with Gasteiger partial charge in [-0.2, -0.15) is 26.3 Å². The highest BCUT2D eigenvalue weighted by atomic mass is 35.5. The lowest BCUT2D eigenvalue weighted by Crippen LogP contribution is -2.50. The maximum Gasteiger partial charge on any atom is 0.436 e. The number of alkyl halides is 7. The van der Waals surface area contributed by atoms with Gasteiger partial charge in [-0.1, -0.05) is 11.6 Å². The third-order valence-electron chi connectivity index (χ3n) is 2.20. The van der Waals surface area contributed by atoms with Crippen molar-refractivity contribution in [1.82, 2.24) is 4.98 Å². The molecule has 18 heavy (non-hydrogen) atoms. The second kappa shape index (κ2) is 4.25. The zero-order chi connectivity index (χ0) is 14.4. The van der Waals surface area contributed by atoms with Gasteiger partial charge in [-0.15, -0.1) is 0 Å². The van der Waals surface area contributed by atoms with Gasteiger partial charge in [0.2, 0.25) is 0 Å². The normalized spacial score (nSPS) is 13.8. The Balaban J connectivity index is 3.51. The van der Waals surface area contributed by atoms with Crippen molar-refractivity contribution < 1.29 is 30.7 Å². The SMILES string of the molecule is Cc1ncc(C(F)(C(F)(F)F)C(F)(F)F)cc1Cl. The smallest absolute Gasteiger partial charge is 0.260 e. The number of nitrogens with zero attached hydrogens (tertiary/aromatic N) is 1. The molecule has 0 atom stereocenters. The van der Waals surface area contributed by atoms with Crippen molar-refractivity contribution in [2.24, 2.45) is 0 Å². The Kier molecular flexibility index (Phi) is 3.55. The van der Waals surface area contributed by atoms with E-state index in [0.717, 1.165) is 0 Å². The first-order valence-electron chi connectivity index (χ1n) is 4.36. The highest BCUT2D eigenvalue weighted by Crippen LogP contribution is 2.53. The van der Waals surface area contributed by atoms with Crippen molar-refractivity contribution in [3.8, 4) is 0 Å². The van der Waals surface area contributed by atoms with Gasteiger partial charge < -0.3 is 0 Å². The second-order valence-corrected chi connectivity index (χ2v) is 3.85. The molecule has 0 unspecified atom stereocenters. The van der Waals surface area contributed by atoms with Crippen LogP contribution in [0.5, 0.6) is 0 Å². The van der Waals surface area contributed by atoms with Gasteiger partial charge in [0.15, 0.2) is 0 Å². The summed E-state index contributed by atoms with van der Waals surface area (Å²) in [4.78, 5) is 3.20. The molecule has 1 nitrogen and oxygen atoms in total. The minimum Gasteiger partial charge on any atom is -0.260 e. The summed E-state index contributed by atoms with van der Waals surface area (Å²) in [7, 11) is 0. The van der Waals surface area contributed by atoms with E-state index >= 15 is 0 Å². The summed E-state index contributed by atoms with van der Waals surface area (Å²) in [5, 5.41) is -0.483. The molecular weight excluding hydrogens is 291 g/mol. The van der Waals surface area contributed by atoms with E-state index in [2.05, 4.69) is 4.98 Å². The lowest BCUT2D eigenvalue weighted by atomic mass is 9.95. The van der Waals surface area contributed by atoms with Crippen LogP contribution in [-0.2, 0) is 5.67 Å². The fourth-order valence-corrected chi connectivity index (χ4v) is 1.35. The highest BCUT2D eigenvalue weighted by Gasteiger charge is 2.73. The van der Waals surface area contributed by atoms with Gasteiger partial charge in [0.25, 0.3) is 0 Å². The van der Waals surface area contributed by atoms with Crippen LogP contribution in [0.1, 0.15) is 11.3 Å². The van der Waals surface area contributed by atoms with Crippen LogP contribution < -0.4 is 0 Å². The van der Waals surface area contributed by atoms with E-state index in [1.54, 1.807) is 0 Å². The van der Waals surface area contributed by atoms with Crippen LogP contribution in [0.4, 0.5) is 30.7 Å². The van der Waals surface area contributed by atoms with Crippen molar-refractivity contribution in [2.45, 2.75) is 24.9 Å². The summed E-state index contributed by atoms with van der Waals surface area (Å²) in [6.07, 6.45) is -12.2. The zero-order valence-electron chi connectivity index (χ0n) is 8.63. The molecule has 0 N–H and O–H groups in total. The molecule has 1 aromatic heterocycles. The van der Waals surface area contributed by atoms with Crippen molar-refractivity contribution in [2.75, 3.05) is 0 Å². The molecule has 0 saturated carbocycles. The Morgan fingerprint density at radius 3 is 1.78 bits per heavy atom. The van der Waals surface area contributed by atoms with Gasteiger partial charge in [-0.3, -0.25) is 4.98 Å². The van der Waals surface area contributed by atoms with Gasteiger partial charge >= 0.3 is 18.0 Å². The van der Waals surface area contributed by atoms with E-state index < -0.39 is 28.6 Å². The molecule has 0 amide bonds. The average molecular weight is 296 g/mol. The van der Waals surface area contributed by atoms with E-state index in [4.69, 9.17) is 11.6 Å². The molecule has 102 valence electrons. The van der Waals surface area contributed by atoms with E-state index in [1.807, 2.05) is 0 Å². The molecule has 0 radical (unpaired) electrons. The molecule has 9 heteroatoms. The monoisotopic (exact) mass is 295 g/mol. The topological polar surface area (TPSA) is 12.9 Å². The molecule has 0 bridgehead atoms. The molecule has 0 aromatic carbocycles. The Bertz CT molecular complexity index is 437. The molecule has 0 fully saturated rings. The van der Waals surface area contributed by atoms with Gasteiger partial charge in [0.05, 0.1) is 10.7 Å². The molecule has 1 aromatic rings. The van der Waals surface area contributed by atoms with Crippen LogP contribution in [0.15, 0.2) is 12.3 Å². The van der Waals surface area contributed by atoms with E-state index in [9.17, 15) is 30.7 Å². The van der Waals surface area contributed by atoms with Crippen LogP contribution in [0.25, 0.3) is 0 Å². The van der Waals surface area contributed by atoms with Crippen molar-refractivity contribution in [1.29, 1.82) is 0 Å². The van der Waals surface area contributed by atoms with E-state index in [-0.39, 0.29) is 18.0 Å². The quantitative estimate of drug-likeness (QED) is 0.703. The average Bonchev–Trinajstić information content (AvgIpc) is 2.17. The van der Waals surface area contributed by atoms with E-state index in [0.29, 0.717) is 0 Å². The Labute approximate surface area is 102 Å². The van der Waals surface area contributed by atoms with Gasteiger partial charge in [0.1, 0.15) is 0 Å². The largest absolute Gasteiger partial charge is 0.436 e. The van der Waals surface area contributed by atoms with Crippen LogP contribution in [-0.4, -0.2) is 17.3 Å². The molecule has 1 rings (SSSR count). The summed E-state index contributed by atoms with van der Waals surface area (Å²) in [5.74, 6) is 0. The first kappa shape index (κ1) is 15.0. The predicted octanol–water partition coefficient (Wildman–Crippen LogP) is 4.33. The summed E-state index contributed by atoms with van der Waals surface area (Å²) < 4.78 is 87.6. The number of halogens is 8. The second-order valence-electron chi connectivity index (χ2n) is 3.45. The van der Waals surface area contributed by atoms with Crippen LogP contribution >= 0.6 is 11.6 Å². The van der Waals surface area contributed by atoms with Gasteiger partial charge in [-0.25, -0.2) is 4.39 Å². The number of hydrogen-bond acceptors (Lipinski definition) is 1. The highest BCUT2D eigenvalue weighted by molar-refractivity contribution is 6.31. The zero-order valence-corrected chi connectivity index (χ0v) is 9.38. The van der Waals surface area contributed by atoms with E-state index in [1.165, 1.54) is 6.92 Å². The van der Waals surface area contributed by atoms with Crippen LogP contribution in [0.3, 0.4) is 0 Å². The minimum absolute atomic E-state index is 0.00730. The van der Waals surface area contributed by atoms with Crippen molar-refractivity contribution in [3.05, 3.63) is 28.5 Å². The summed E-state index contributed by atoms with van der Waals surface area (Å²) in [5.41, 5.74) is -7.20. The van der Waals surface area contributed by atoms with Crippen LogP contribution in [0, 0.1) is 6.92 Å². The summed E-state index contributed by atoms with van der Waals surface area (Å²) in [6.45, 7) is 1.26. The molecule has 0 spiro atoms. The number of aromatic nitrogens is 1. The fourth-order valence-electron chi connectivity index (χ4n) is 1.18. The minimum atomic E-state index is -6.16. The number of rotatable bonds is 1. The standard InChI is InChI=1S/C9H5ClF7N/c1-4-6(10)2-5(3-18-4)7(11,8(12,13)14)9(15,16)17/h2-3H,1H3. The summed E-state index contributed by atoms with van der Waals surface area (Å²) >= 11 is 5.36. The lowest BCUT2D eigenvalue weighted by molar-refractivity contribution is -0.348. The molecule has 0 aliphatic carbocycles. The number of aryl methyl sites for hydroxylation is 1. The molecule has 1 heterocycles.